The molecule has 1 aromatic heterocycles. The Morgan fingerprint density at radius 2 is 2.00 bits per heavy atom. The number of fused-ring (bicyclic) bond motifs is 1. The highest BCUT2D eigenvalue weighted by Gasteiger charge is 2.14. The van der Waals surface area contributed by atoms with E-state index in [0.717, 1.165) is 10.2 Å². The first-order valence-electron chi connectivity index (χ1n) is 6.25. The third-order valence-electron chi connectivity index (χ3n) is 3.03. The predicted octanol–water partition coefficient (Wildman–Crippen LogP) is 3.63. The molecule has 21 heavy (non-hydrogen) atoms. The van der Waals surface area contributed by atoms with Crippen LogP contribution in [0.4, 0.5) is 5.69 Å². The van der Waals surface area contributed by atoms with Crippen molar-refractivity contribution in [1.82, 2.24) is 4.98 Å². The second-order valence-electron chi connectivity index (χ2n) is 4.48. The van der Waals surface area contributed by atoms with Gasteiger partial charge in [0.05, 0.1) is 21.6 Å². The van der Waals surface area contributed by atoms with E-state index in [-0.39, 0.29) is 17.9 Å². The molecule has 0 aliphatic heterocycles. The summed E-state index contributed by atoms with van der Waals surface area (Å²) in [6.45, 7) is 0. The Kier molecular flexibility index (Phi) is 3.45. The van der Waals surface area contributed by atoms with Crippen molar-refractivity contribution in [3.63, 3.8) is 0 Å². The molecule has 0 saturated heterocycles. The zero-order valence-corrected chi connectivity index (χ0v) is 11.7. The van der Waals surface area contributed by atoms with E-state index in [9.17, 15) is 14.9 Å². The van der Waals surface area contributed by atoms with Crippen molar-refractivity contribution < 1.29 is 9.72 Å². The third-order valence-corrected chi connectivity index (χ3v) is 4.07. The van der Waals surface area contributed by atoms with Gasteiger partial charge in [0.2, 0.25) is 0 Å². The molecule has 5 nitrogen and oxygen atoms in total. The summed E-state index contributed by atoms with van der Waals surface area (Å²) in [4.78, 5) is 26.8. The van der Waals surface area contributed by atoms with Crippen LogP contribution < -0.4 is 0 Å². The SMILES string of the molecule is O=C(Cc1nc2ccccc2s1)c1cccc([N+](=O)[O-])c1. The maximum absolute atomic E-state index is 12.2. The van der Waals surface area contributed by atoms with Crippen LogP contribution in [-0.4, -0.2) is 15.7 Å². The number of para-hydroxylation sites is 1. The summed E-state index contributed by atoms with van der Waals surface area (Å²) >= 11 is 1.46. The molecule has 0 amide bonds. The normalized spacial score (nSPS) is 10.7. The first-order chi connectivity index (χ1) is 10.1. The number of aromatic nitrogens is 1. The van der Waals surface area contributed by atoms with E-state index in [2.05, 4.69) is 4.98 Å². The molecule has 0 unspecified atom stereocenters. The van der Waals surface area contributed by atoms with Gasteiger partial charge in [0.15, 0.2) is 5.78 Å². The Hall–Kier alpha value is -2.60. The maximum Gasteiger partial charge on any atom is 0.270 e. The molecule has 6 heteroatoms. The second kappa shape index (κ2) is 5.41. The van der Waals surface area contributed by atoms with E-state index >= 15 is 0 Å². The number of nitrogens with zero attached hydrogens (tertiary/aromatic N) is 2. The molecule has 0 radical (unpaired) electrons. The molecule has 0 aliphatic carbocycles. The molecule has 1 heterocycles. The summed E-state index contributed by atoms with van der Waals surface area (Å²) in [7, 11) is 0. The van der Waals surface area contributed by atoms with Gasteiger partial charge in [-0.05, 0) is 12.1 Å². The molecule has 2 aromatic carbocycles. The molecule has 0 N–H and O–H groups in total. The number of carbonyl (C=O) groups is 1. The molecule has 0 saturated carbocycles. The lowest BCUT2D eigenvalue weighted by Crippen LogP contribution is -2.03. The zero-order chi connectivity index (χ0) is 14.8. The van der Waals surface area contributed by atoms with Gasteiger partial charge in [-0.1, -0.05) is 24.3 Å². The maximum atomic E-state index is 12.2. The Morgan fingerprint density at radius 1 is 1.19 bits per heavy atom. The standard InChI is InChI=1S/C15H10N2O3S/c18-13(10-4-3-5-11(8-10)17(19)20)9-15-16-12-6-1-2-7-14(12)21-15/h1-8H,9H2. The molecule has 0 fully saturated rings. The van der Waals surface area contributed by atoms with Crippen molar-refractivity contribution in [2.75, 3.05) is 0 Å². The summed E-state index contributed by atoms with van der Waals surface area (Å²) in [5.41, 5.74) is 1.12. The Balaban J connectivity index is 1.85. The number of non-ortho nitro benzene ring substituents is 1. The number of ketones is 1. The smallest absolute Gasteiger partial charge is 0.270 e. The molecule has 0 spiro atoms. The van der Waals surface area contributed by atoms with Crippen molar-refractivity contribution in [2.45, 2.75) is 6.42 Å². The van der Waals surface area contributed by atoms with Crippen LogP contribution in [0.1, 0.15) is 15.4 Å². The molecular formula is C15H10N2O3S. The summed E-state index contributed by atoms with van der Waals surface area (Å²) in [5, 5.41) is 11.5. The fraction of sp³-hybridized carbons (Fsp3) is 0.0667. The highest BCUT2D eigenvalue weighted by Crippen LogP contribution is 2.23. The van der Waals surface area contributed by atoms with Gasteiger partial charge in [0.25, 0.3) is 5.69 Å². The first kappa shape index (κ1) is 13.4. The monoisotopic (exact) mass is 298 g/mol. The van der Waals surface area contributed by atoms with Crippen molar-refractivity contribution in [3.8, 4) is 0 Å². The number of thiazole rings is 1. The van der Waals surface area contributed by atoms with Crippen molar-refractivity contribution in [2.24, 2.45) is 0 Å². The first-order valence-corrected chi connectivity index (χ1v) is 7.07. The largest absolute Gasteiger partial charge is 0.294 e. The summed E-state index contributed by atoms with van der Waals surface area (Å²) in [6, 6.07) is 13.4. The minimum Gasteiger partial charge on any atom is -0.294 e. The van der Waals surface area contributed by atoms with Gasteiger partial charge in [0, 0.05) is 17.7 Å². The number of hydrogen-bond donors (Lipinski definition) is 0. The average Bonchev–Trinajstić information content (AvgIpc) is 2.89. The molecule has 104 valence electrons. The van der Waals surface area contributed by atoms with Crippen LogP contribution in [0.3, 0.4) is 0 Å². The minimum absolute atomic E-state index is 0.0786. The lowest BCUT2D eigenvalue weighted by molar-refractivity contribution is -0.384. The highest BCUT2D eigenvalue weighted by atomic mass is 32.1. The van der Waals surface area contributed by atoms with Crippen LogP contribution in [0.25, 0.3) is 10.2 Å². The van der Waals surface area contributed by atoms with E-state index in [4.69, 9.17) is 0 Å². The Morgan fingerprint density at radius 3 is 2.76 bits per heavy atom. The Labute approximate surface area is 124 Å². The van der Waals surface area contributed by atoms with E-state index in [0.29, 0.717) is 10.6 Å². The van der Waals surface area contributed by atoms with E-state index in [1.807, 2.05) is 24.3 Å². The molecular weight excluding hydrogens is 288 g/mol. The van der Waals surface area contributed by atoms with Crippen LogP contribution >= 0.6 is 11.3 Å². The van der Waals surface area contributed by atoms with Crippen LogP contribution in [-0.2, 0) is 6.42 Å². The van der Waals surface area contributed by atoms with Crippen LogP contribution in [0.2, 0.25) is 0 Å². The lowest BCUT2D eigenvalue weighted by Gasteiger charge is -1.98. The third kappa shape index (κ3) is 2.80. The van der Waals surface area contributed by atoms with Gasteiger partial charge in [-0.2, -0.15) is 0 Å². The topological polar surface area (TPSA) is 73.1 Å². The summed E-state index contributed by atoms with van der Waals surface area (Å²) in [6.07, 6.45) is 0.153. The van der Waals surface area contributed by atoms with Crippen LogP contribution in [0, 0.1) is 10.1 Å². The fourth-order valence-corrected chi connectivity index (χ4v) is 2.99. The molecule has 0 bridgehead atoms. The fourth-order valence-electron chi connectivity index (χ4n) is 2.03. The van der Waals surface area contributed by atoms with Gasteiger partial charge in [-0.15, -0.1) is 11.3 Å². The quantitative estimate of drug-likeness (QED) is 0.419. The second-order valence-corrected chi connectivity index (χ2v) is 5.60. The number of rotatable bonds is 4. The van der Waals surface area contributed by atoms with E-state index < -0.39 is 4.92 Å². The van der Waals surface area contributed by atoms with E-state index in [1.165, 1.54) is 29.5 Å². The number of nitro benzene ring substituents is 1. The number of Topliss-reactive ketones (excluding diaryl/α,β-unsaturated/α-hetero) is 1. The Bertz CT molecular complexity index is 809. The van der Waals surface area contributed by atoms with Gasteiger partial charge < -0.3 is 0 Å². The van der Waals surface area contributed by atoms with Crippen molar-refractivity contribution >= 4 is 33.0 Å². The number of carbonyl (C=O) groups excluding carboxylic acids is 1. The van der Waals surface area contributed by atoms with Crippen molar-refractivity contribution in [1.29, 1.82) is 0 Å². The number of benzene rings is 2. The van der Waals surface area contributed by atoms with Gasteiger partial charge in [-0.3, -0.25) is 14.9 Å². The molecule has 3 rings (SSSR count). The summed E-state index contributed by atoms with van der Waals surface area (Å²) < 4.78 is 1.03. The minimum atomic E-state index is -0.505. The van der Waals surface area contributed by atoms with Gasteiger partial charge in [0.1, 0.15) is 5.01 Å². The summed E-state index contributed by atoms with van der Waals surface area (Å²) in [5.74, 6) is -0.169. The van der Waals surface area contributed by atoms with Crippen LogP contribution in [0.15, 0.2) is 48.5 Å². The van der Waals surface area contributed by atoms with Gasteiger partial charge >= 0.3 is 0 Å². The van der Waals surface area contributed by atoms with Crippen molar-refractivity contribution in [3.05, 3.63) is 69.2 Å². The number of nitro groups is 1. The van der Waals surface area contributed by atoms with Crippen LogP contribution in [0.5, 0.6) is 0 Å². The highest BCUT2D eigenvalue weighted by molar-refractivity contribution is 7.18. The predicted molar refractivity (Wildman–Crippen MR) is 80.8 cm³/mol. The van der Waals surface area contributed by atoms with Gasteiger partial charge in [-0.25, -0.2) is 4.98 Å². The number of hydrogen-bond acceptors (Lipinski definition) is 5. The van der Waals surface area contributed by atoms with E-state index in [1.54, 1.807) is 6.07 Å². The molecule has 0 atom stereocenters. The average molecular weight is 298 g/mol. The molecule has 0 aliphatic rings. The lowest BCUT2D eigenvalue weighted by atomic mass is 10.1. The molecule has 3 aromatic rings. The zero-order valence-electron chi connectivity index (χ0n) is 10.9.